The van der Waals surface area contributed by atoms with Crippen molar-refractivity contribution in [2.75, 3.05) is 13.1 Å². The normalized spacial score (nSPS) is 10.8. The van der Waals surface area contributed by atoms with Crippen LogP contribution < -0.4 is 5.32 Å². The minimum absolute atomic E-state index is 0.0280. The first-order valence-corrected chi connectivity index (χ1v) is 11.5. The largest absolute Gasteiger partial charge is 0.454 e. The summed E-state index contributed by atoms with van der Waals surface area (Å²) in [5, 5.41) is 2.90. The number of furan rings is 1. The molecule has 2 amide bonds. The SMILES string of the molecule is CCCCCNC(=O)c1ccc(Cn2cccc2CN(CCC)C(=O)c2ccccc2)o1. The molecule has 0 fully saturated rings. The lowest BCUT2D eigenvalue weighted by molar-refractivity contribution is 0.0739. The number of nitrogens with zero attached hydrogens (tertiary/aromatic N) is 2. The van der Waals surface area contributed by atoms with E-state index in [9.17, 15) is 9.59 Å². The summed E-state index contributed by atoms with van der Waals surface area (Å²) >= 11 is 0. The fourth-order valence-electron chi connectivity index (χ4n) is 3.65. The molecule has 0 saturated heterocycles. The van der Waals surface area contributed by atoms with Crippen molar-refractivity contribution in [2.24, 2.45) is 0 Å². The Balaban J connectivity index is 1.64. The van der Waals surface area contributed by atoms with Gasteiger partial charge >= 0.3 is 0 Å². The van der Waals surface area contributed by atoms with Gasteiger partial charge in [0.15, 0.2) is 5.76 Å². The van der Waals surface area contributed by atoms with Crippen molar-refractivity contribution in [2.45, 2.75) is 52.6 Å². The fraction of sp³-hybridized carbons (Fsp3) is 0.385. The Kier molecular flexibility index (Phi) is 8.72. The molecule has 2 heterocycles. The molecule has 6 heteroatoms. The summed E-state index contributed by atoms with van der Waals surface area (Å²) in [5.74, 6) is 0.887. The molecule has 0 radical (unpaired) electrons. The van der Waals surface area contributed by atoms with E-state index in [0.29, 0.717) is 43.3 Å². The van der Waals surface area contributed by atoms with Crippen LogP contribution in [0.1, 0.15) is 71.9 Å². The summed E-state index contributed by atoms with van der Waals surface area (Å²) in [6, 6.07) is 16.9. The maximum Gasteiger partial charge on any atom is 0.286 e. The zero-order valence-electron chi connectivity index (χ0n) is 19.0. The maximum absolute atomic E-state index is 13.0. The van der Waals surface area contributed by atoms with Crippen LogP contribution in [0, 0.1) is 0 Å². The molecule has 0 unspecified atom stereocenters. The first-order valence-electron chi connectivity index (χ1n) is 11.5. The van der Waals surface area contributed by atoms with Crippen LogP contribution >= 0.6 is 0 Å². The van der Waals surface area contributed by atoms with Gasteiger partial charge in [0.05, 0.1) is 13.1 Å². The Morgan fingerprint density at radius 3 is 2.53 bits per heavy atom. The van der Waals surface area contributed by atoms with Crippen LogP contribution in [-0.2, 0) is 13.1 Å². The van der Waals surface area contributed by atoms with Gasteiger partial charge in [-0.05, 0) is 49.2 Å². The molecular weight excluding hydrogens is 402 g/mol. The molecule has 170 valence electrons. The summed E-state index contributed by atoms with van der Waals surface area (Å²) in [6.07, 6.45) is 6.04. The quantitative estimate of drug-likeness (QED) is 0.402. The molecule has 0 bridgehead atoms. The standard InChI is InChI=1S/C26H33N3O3/c1-3-5-9-16-27-25(30)24-15-14-23(32-24)20-28-18-10-13-22(28)19-29(17-4-2)26(31)21-11-7-6-8-12-21/h6-8,10-15,18H,3-5,9,16-17,19-20H2,1-2H3,(H,27,30). The zero-order chi connectivity index (χ0) is 22.8. The van der Waals surface area contributed by atoms with Crippen molar-refractivity contribution in [1.82, 2.24) is 14.8 Å². The minimum Gasteiger partial charge on any atom is -0.454 e. The van der Waals surface area contributed by atoms with Gasteiger partial charge in [0.2, 0.25) is 0 Å². The number of carbonyl (C=O) groups excluding carboxylic acids is 2. The third-order valence-corrected chi connectivity index (χ3v) is 5.36. The van der Waals surface area contributed by atoms with Crippen molar-refractivity contribution in [3.8, 4) is 0 Å². The van der Waals surface area contributed by atoms with Gasteiger partial charge in [-0.1, -0.05) is 44.9 Å². The predicted octanol–water partition coefficient (Wildman–Crippen LogP) is 5.10. The van der Waals surface area contributed by atoms with E-state index < -0.39 is 0 Å². The molecule has 0 atom stereocenters. The average molecular weight is 436 g/mol. The van der Waals surface area contributed by atoms with Gasteiger partial charge in [-0.2, -0.15) is 0 Å². The van der Waals surface area contributed by atoms with E-state index in [1.807, 2.05) is 59.6 Å². The molecule has 0 aliphatic heterocycles. The molecule has 0 aliphatic carbocycles. The average Bonchev–Trinajstić information content (AvgIpc) is 3.46. The first kappa shape index (κ1) is 23.4. The van der Waals surface area contributed by atoms with Gasteiger partial charge < -0.3 is 19.2 Å². The molecule has 2 aromatic heterocycles. The lowest BCUT2D eigenvalue weighted by Crippen LogP contribution is -2.32. The van der Waals surface area contributed by atoms with Gasteiger partial charge in [0.25, 0.3) is 11.8 Å². The van der Waals surface area contributed by atoms with Crippen LogP contribution in [0.5, 0.6) is 0 Å². The van der Waals surface area contributed by atoms with Crippen LogP contribution in [0.3, 0.4) is 0 Å². The molecule has 3 aromatic rings. The number of carbonyl (C=O) groups is 2. The van der Waals surface area contributed by atoms with Crippen LogP contribution in [0.15, 0.2) is 65.2 Å². The van der Waals surface area contributed by atoms with E-state index in [1.165, 1.54) is 0 Å². The summed E-state index contributed by atoms with van der Waals surface area (Å²) in [4.78, 5) is 27.1. The second-order valence-electron chi connectivity index (χ2n) is 7.95. The molecule has 32 heavy (non-hydrogen) atoms. The monoisotopic (exact) mass is 435 g/mol. The highest BCUT2D eigenvalue weighted by molar-refractivity contribution is 5.94. The first-order chi connectivity index (χ1) is 15.6. The van der Waals surface area contributed by atoms with Crippen LogP contribution in [0.4, 0.5) is 0 Å². The number of rotatable bonds is 12. The van der Waals surface area contributed by atoms with E-state index in [0.717, 1.165) is 31.4 Å². The van der Waals surface area contributed by atoms with Crippen LogP contribution in [0.25, 0.3) is 0 Å². The molecule has 1 N–H and O–H groups in total. The van der Waals surface area contributed by atoms with E-state index in [4.69, 9.17) is 4.42 Å². The zero-order valence-corrected chi connectivity index (χ0v) is 19.0. The summed E-state index contributed by atoms with van der Waals surface area (Å²) < 4.78 is 7.84. The molecular formula is C26H33N3O3. The molecule has 0 spiro atoms. The number of nitrogens with one attached hydrogen (secondary N) is 1. The maximum atomic E-state index is 13.0. The van der Waals surface area contributed by atoms with Crippen molar-refractivity contribution in [1.29, 1.82) is 0 Å². The summed E-state index contributed by atoms with van der Waals surface area (Å²) in [5.41, 5.74) is 1.71. The van der Waals surface area contributed by atoms with Crippen molar-refractivity contribution < 1.29 is 14.0 Å². The van der Waals surface area contributed by atoms with Crippen molar-refractivity contribution >= 4 is 11.8 Å². The summed E-state index contributed by atoms with van der Waals surface area (Å²) in [7, 11) is 0. The number of hydrogen-bond donors (Lipinski definition) is 1. The third kappa shape index (κ3) is 6.36. The minimum atomic E-state index is -0.178. The highest BCUT2D eigenvalue weighted by Gasteiger charge is 2.17. The Labute approximate surface area is 190 Å². The van der Waals surface area contributed by atoms with E-state index in [2.05, 4.69) is 23.7 Å². The van der Waals surface area contributed by atoms with Gasteiger partial charge in [0.1, 0.15) is 5.76 Å². The second kappa shape index (κ2) is 11.9. The third-order valence-electron chi connectivity index (χ3n) is 5.36. The van der Waals surface area contributed by atoms with Crippen LogP contribution in [-0.4, -0.2) is 34.4 Å². The smallest absolute Gasteiger partial charge is 0.286 e. The number of unbranched alkanes of at least 4 members (excludes halogenated alkanes) is 2. The highest BCUT2D eigenvalue weighted by atomic mass is 16.4. The van der Waals surface area contributed by atoms with Crippen LogP contribution in [0.2, 0.25) is 0 Å². The van der Waals surface area contributed by atoms with Crippen molar-refractivity contribution in [3.63, 3.8) is 0 Å². The fourth-order valence-corrected chi connectivity index (χ4v) is 3.65. The Morgan fingerprint density at radius 1 is 0.969 bits per heavy atom. The molecule has 1 aromatic carbocycles. The Bertz CT molecular complexity index is 991. The predicted molar refractivity (Wildman–Crippen MR) is 126 cm³/mol. The second-order valence-corrected chi connectivity index (χ2v) is 7.95. The van der Waals surface area contributed by atoms with Gasteiger partial charge in [-0.3, -0.25) is 9.59 Å². The lowest BCUT2D eigenvalue weighted by atomic mass is 10.2. The van der Waals surface area contributed by atoms with E-state index in [-0.39, 0.29) is 11.8 Å². The number of amides is 2. The molecule has 0 aliphatic rings. The van der Waals surface area contributed by atoms with Gasteiger partial charge in [0, 0.05) is 30.5 Å². The molecule has 3 rings (SSSR count). The van der Waals surface area contributed by atoms with E-state index in [1.54, 1.807) is 6.07 Å². The van der Waals surface area contributed by atoms with Crippen molar-refractivity contribution in [3.05, 3.63) is 83.6 Å². The highest BCUT2D eigenvalue weighted by Crippen LogP contribution is 2.15. The van der Waals surface area contributed by atoms with E-state index >= 15 is 0 Å². The Hall–Kier alpha value is -3.28. The molecule has 0 saturated carbocycles. The number of benzene rings is 1. The van der Waals surface area contributed by atoms with Gasteiger partial charge in [-0.25, -0.2) is 0 Å². The topological polar surface area (TPSA) is 67.5 Å². The Morgan fingerprint density at radius 2 is 1.78 bits per heavy atom. The number of aromatic nitrogens is 1. The summed E-state index contributed by atoms with van der Waals surface area (Å²) in [6.45, 7) is 6.57. The molecule has 6 nitrogen and oxygen atoms in total. The van der Waals surface area contributed by atoms with Gasteiger partial charge in [-0.15, -0.1) is 0 Å². The number of hydrogen-bond acceptors (Lipinski definition) is 3. The lowest BCUT2D eigenvalue weighted by Gasteiger charge is -2.23.